The third-order valence-corrected chi connectivity index (χ3v) is 4.87. The molecule has 1 aliphatic heterocycles. The molecule has 1 amide bonds. The van der Waals surface area contributed by atoms with E-state index < -0.39 is 23.9 Å². The third kappa shape index (κ3) is 4.51. The maximum Gasteiger partial charge on any atom is 0.410 e. The zero-order valence-electron chi connectivity index (χ0n) is 17.1. The van der Waals surface area contributed by atoms with Gasteiger partial charge in [0.15, 0.2) is 0 Å². The minimum Gasteiger partial charge on any atom is -0.444 e. The molecular weight excluding hydrogens is 363 g/mol. The molecule has 0 aliphatic carbocycles. The number of amides is 1. The minimum atomic E-state index is -1.24. The van der Waals surface area contributed by atoms with Crippen molar-refractivity contribution >= 4 is 17.6 Å². The monoisotopic (exact) mass is 392 g/mol. The molecule has 3 heterocycles. The Kier molecular flexibility index (Phi) is 5.71. The number of piperidine rings is 1. The van der Waals surface area contributed by atoms with Crippen LogP contribution in [0.1, 0.15) is 59.2 Å². The molecule has 1 saturated heterocycles. The van der Waals surface area contributed by atoms with Crippen LogP contribution in [-0.2, 0) is 4.74 Å². The fourth-order valence-corrected chi connectivity index (χ4v) is 3.13. The van der Waals surface area contributed by atoms with Gasteiger partial charge in [-0.2, -0.15) is 0 Å². The number of imidazole rings is 1. The highest BCUT2D eigenvalue weighted by Crippen LogP contribution is 2.21. The van der Waals surface area contributed by atoms with Crippen molar-refractivity contribution in [1.29, 1.82) is 0 Å². The van der Waals surface area contributed by atoms with Crippen LogP contribution in [0, 0.1) is 0 Å². The zero-order chi connectivity index (χ0) is 20.5. The van der Waals surface area contributed by atoms with E-state index in [1.807, 2.05) is 0 Å². The number of nitrogens with zero attached hydrogens (tertiary/aromatic N) is 5. The Hall–Kier alpha value is -2.45. The summed E-state index contributed by atoms with van der Waals surface area (Å²) in [5.41, 5.74) is 0.205. The van der Waals surface area contributed by atoms with E-state index in [9.17, 15) is 9.18 Å². The first-order valence-electron chi connectivity index (χ1n) is 9.77. The first kappa shape index (κ1) is 20.3. The molecule has 0 saturated carbocycles. The standard InChI is InChI=1S/C19H29FN6O2/c1-6-12(2)16-21-9-13-10-22-17(24-26(13)16)23-15-7-8-25(11-14(15)20)18(27)28-19(3,4)5/h9-10,12,14-15H,6-8,11H2,1-5H3,(H,23,24)/t12?,14-,15-/m1/s1. The average molecular weight is 392 g/mol. The summed E-state index contributed by atoms with van der Waals surface area (Å²) in [5.74, 6) is 1.48. The Bertz CT molecular complexity index is 833. The number of rotatable bonds is 4. The van der Waals surface area contributed by atoms with Crippen LogP contribution in [0.25, 0.3) is 5.52 Å². The summed E-state index contributed by atoms with van der Waals surface area (Å²) in [6.07, 6.45) is 3.09. The fourth-order valence-electron chi connectivity index (χ4n) is 3.13. The van der Waals surface area contributed by atoms with E-state index >= 15 is 0 Å². The number of likely N-dealkylation sites (tertiary alicyclic amines) is 1. The molecule has 0 spiro atoms. The maximum absolute atomic E-state index is 14.7. The van der Waals surface area contributed by atoms with E-state index in [2.05, 4.69) is 34.2 Å². The van der Waals surface area contributed by atoms with Crippen molar-refractivity contribution in [2.75, 3.05) is 18.4 Å². The summed E-state index contributed by atoms with van der Waals surface area (Å²) in [6.45, 7) is 9.97. The SMILES string of the molecule is CCC(C)c1ncc2cnc(N[C@@H]3CCN(C(=O)OC(C)(C)C)C[C@H]3F)nn12. The van der Waals surface area contributed by atoms with Gasteiger partial charge in [0.25, 0.3) is 0 Å². The summed E-state index contributed by atoms with van der Waals surface area (Å²) >= 11 is 0. The van der Waals surface area contributed by atoms with E-state index in [1.165, 1.54) is 4.90 Å². The van der Waals surface area contributed by atoms with Crippen molar-refractivity contribution < 1.29 is 13.9 Å². The van der Waals surface area contributed by atoms with Gasteiger partial charge in [-0.05, 0) is 33.6 Å². The van der Waals surface area contributed by atoms with Crippen molar-refractivity contribution in [3.05, 3.63) is 18.2 Å². The van der Waals surface area contributed by atoms with Crippen LogP contribution in [0.2, 0.25) is 0 Å². The summed E-state index contributed by atoms with van der Waals surface area (Å²) < 4.78 is 21.8. The normalized spacial score (nSPS) is 21.6. The van der Waals surface area contributed by atoms with Gasteiger partial charge in [-0.15, -0.1) is 5.10 Å². The molecule has 2 aromatic rings. The molecule has 0 bridgehead atoms. The molecule has 1 unspecified atom stereocenters. The molecule has 8 nitrogen and oxygen atoms in total. The Morgan fingerprint density at radius 1 is 1.39 bits per heavy atom. The largest absolute Gasteiger partial charge is 0.444 e. The van der Waals surface area contributed by atoms with Gasteiger partial charge in [0.05, 0.1) is 25.0 Å². The van der Waals surface area contributed by atoms with Gasteiger partial charge in [-0.25, -0.2) is 23.7 Å². The number of anilines is 1. The van der Waals surface area contributed by atoms with Crippen LogP contribution >= 0.6 is 0 Å². The highest BCUT2D eigenvalue weighted by molar-refractivity contribution is 5.68. The van der Waals surface area contributed by atoms with Crippen molar-refractivity contribution in [3.8, 4) is 0 Å². The first-order chi connectivity index (χ1) is 13.2. The van der Waals surface area contributed by atoms with Gasteiger partial charge in [-0.1, -0.05) is 13.8 Å². The smallest absolute Gasteiger partial charge is 0.410 e. The van der Waals surface area contributed by atoms with E-state index in [-0.39, 0.29) is 12.5 Å². The summed E-state index contributed by atoms with van der Waals surface area (Å²) in [5, 5.41) is 7.58. The summed E-state index contributed by atoms with van der Waals surface area (Å²) in [4.78, 5) is 22.3. The van der Waals surface area contributed by atoms with Crippen LogP contribution in [0.4, 0.5) is 15.1 Å². The number of hydrogen-bond donors (Lipinski definition) is 1. The molecule has 1 fully saturated rings. The molecule has 1 N–H and O–H groups in total. The van der Waals surface area contributed by atoms with Gasteiger partial charge in [0.2, 0.25) is 5.95 Å². The van der Waals surface area contributed by atoms with Crippen LogP contribution in [-0.4, -0.2) is 61.5 Å². The molecular formula is C19H29FN6O2. The second-order valence-electron chi connectivity index (χ2n) is 8.33. The predicted octanol–water partition coefficient (Wildman–Crippen LogP) is 3.40. The Morgan fingerprint density at radius 3 is 2.75 bits per heavy atom. The average Bonchev–Trinajstić information content (AvgIpc) is 3.04. The zero-order valence-corrected chi connectivity index (χ0v) is 17.1. The number of hydrogen-bond acceptors (Lipinski definition) is 6. The summed E-state index contributed by atoms with van der Waals surface area (Å²) in [7, 11) is 0. The predicted molar refractivity (Wildman–Crippen MR) is 104 cm³/mol. The fraction of sp³-hybridized carbons (Fsp3) is 0.684. The second kappa shape index (κ2) is 7.89. The van der Waals surface area contributed by atoms with Crippen molar-refractivity contribution in [2.45, 2.75) is 71.2 Å². The molecule has 0 radical (unpaired) electrons. The van der Waals surface area contributed by atoms with E-state index in [0.29, 0.717) is 18.9 Å². The van der Waals surface area contributed by atoms with Crippen LogP contribution in [0.5, 0.6) is 0 Å². The molecule has 2 aromatic heterocycles. The molecule has 0 aromatic carbocycles. The number of halogens is 1. The Labute approximate surface area is 164 Å². The number of nitrogens with one attached hydrogen (secondary N) is 1. The molecule has 3 atom stereocenters. The number of ether oxygens (including phenoxy) is 1. The van der Waals surface area contributed by atoms with Crippen molar-refractivity contribution in [2.24, 2.45) is 0 Å². The summed E-state index contributed by atoms with van der Waals surface area (Å²) in [6, 6.07) is -0.466. The van der Waals surface area contributed by atoms with Gasteiger partial charge >= 0.3 is 6.09 Å². The molecule has 1 aliphatic rings. The highest BCUT2D eigenvalue weighted by atomic mass is 19.1. The molecule has 28 heavy (non-hydrogen) atoms. The van der Waals surface area contributed by atoms with Crippen molar-refractivity contribution in [1.82, 2.24) is 24.5 Å². The number of carbonyl (C=O) groups is 1. The first-order valence-corrected chi connectivity index (χ1v) is 9.77. The van der Waals surface area contributed by atoms with Gasteiger partial charge in [0, 0.05) is 12.5 Å². The lowest BCUT2D eigenvalue weighted by molar-refractivity contribution is 0.0125. The van der Waals surface area contributed by atoms with Crippen LogP contribution < -0.4 is 5.32 Å². The maximum atomic E-state index is 14.7. The quantitative estimate of drug-likeness (QED) is 0.858. The van der Waals surface area contributed by atoms with Crippen molar-refractivity contribution in [3.63, 3.8) is 0 Å². The van der Waals surface area contributed by atoms with Crippen LogP contribution in [0.15, 0.2) is 12.4 Å². The number of fused-ring (bicyclic) bond motifs is 1. The lowest BCUT2D eigenvalue weighted by Gasteiger charge is -2.35. The lowest BCUT2D eigenvalue weighted by atomic mass is 10.0. The molecule has 9 heteroatoms. The Balaban J connectivity index is 1.67. The number of carbonyl (C=O) groups excluding carboxylic acids is 1. The molecule has 154 valence electrons. The van der Waals surface area contributed by atoms with E-state index in [4.69, 9.17) is 4.74 Å². The minimum absolute atomic E-state index is 0.0159. The van der Waals surface area contributed by atoms with Gasteiger partial charge in [-0.3, -0.25) is 0 Å². The number of alkyl halides is 1. The molecule has 3 rings (SSSR count). The number of aromatic nitrogens is 4. The second-order valence-corrected chi connectivity index (χ2v) is 8.33. The van der Waals surface area contributed by atoms with Crippen LogP contribution in [0.3, 0.4) is 0 Å². The third-order valence-electron chi connectivity index (χ3n) is 4.87. The topological polar surface area (TPSA) is 84.7 Å². The van der Waals surface area contributed by atoms with E-state index in [1.54, 1.807) is 37.7 Å². The van der Waals surface area contributed by atoms with Gasteiger partial charge < -0.3 is 15.0 Å². The lowest BCUT2D eigenvalue weighted by Crippen LogP contribution is -2.51. The Morgan fingerprint density at radius 2 is 2.11 bits per heavy atom. The van der Waals surface area contributed by atoms with E-state index in [0.717, 1.165) is 17.8 Å². The van der Waals surface area contributed by atoms with Gasteiger partial charge in [0.1, 0.15) is 23.1 Å². The highest BCUT2D eigenvalue weighted by Gasteiger charge is 2.34.